The van der Waals surface area contributed by atoms with E-state index in [0.717, 1.165) is 0 Å². The highest BCUT2D eigenvalue weighted by molar-refractivity contribution is 6.30. The molecule has 0 atom stereocenters. The van der Waals surface area contributed by atoms with Crippen LogP contribution in [0.1, 0.15) is 11.3 Å². The molecular formula is C12H10ClFN2O2. The lowest BCUT2D eigenvalue weighted by molar-refractivity contribution is 0.279. The highest BCUT2D eigenvalue weighted by atomic mass is 35.5. The van der Waals surface area contributed by atoms with E-state index >= 15 is 0 Å². The van der Waals surface area contributed by atoms with Gasteiger partial charge in [0, 0.05) is 17.8 Å². The fourth-order valence-corrected chi connectivity index (χ4v) is 1.49. The zero-order chi connectivity index (χ0) is 13.1. The van der Waals surface area contributed by atoms with Crippen molar-refractivity contribution in [1.29, 1.82) is 0 Å². The number of aromatic nitrogens is 2. The maximum atomic E-state index is 13.0. The SMILES string of the molecule is Cc1nc(Oc2ccc(F)c(Cl)c2)ncc1CO. The first kappa shape index (κ1) is 12.7. The number of ether oxygens (including phenoxy) is 1. The molecule has 2 rings (SSSR count). The van der Waals surface area contributed by atoms with Gasteiger partial charge in [0.2, 0.25) is 0 Å². The van der Waals surface area contributed by atoms with Gasteiger partial charge in [-0.05, 0) is 19.1 Å². The molecule has 6 heteroatoms. The number of benzene rings is 1. The third-order valence-corrected chi connectivity index (χ3v) is 2.62. The van der Waals surface area contributed by atoms with Crippen LogP contribution >= 0.6 is 11.6 Å². The number of aliphatic hydroxyl groups excluding tert-OH is 1. The Kier molecular flexibility index (Phi) is 3.74. The van der Waals surface area contributed by atoms with Crippen molar-refractivity contribution in [3.05, 3.63) is 46.5 Å². The van der Waals surface area contributed by atoms with Crippen molar-refractivity contribution in [1.82, 2.24) is 9.97 Å². The molecule has 0 unspecified atom stereocenters. The fourth-order valence-electron chi connectivity index (χ4n) is 1.32. The van der Waals surface area contributed by atoms with Crippen LogP contribution in [-0.2, 0) is 6.61 Å². The van der Waals surface area contributed by atoms with Crippen LogP contribution in [-0.4, -0.2) is 15.1 Å². The lowest BCUT2D eigenvalue weighted by Gasteiger charge is -2.06. The minimum atomic E-state index is -0.517. The summed E-state index contributed by atoms with van der Waals surface area (Å²) in [5.74, 6) is -0.172. The zero-order valence-corrected chi connectivity index (χ0v) is 10.3. The van der Waals surface area contributed by atoms with Crippen molar-refractivity contribution < 1.29 is 14.2 Å². The average Bonchev–Trinajstić information content (AvgIpc) is 2.34. The second kappa shape index (κ2) is 5.29. The average molecular weight is 269 g/mol. The summed E-state index contributed by atoms with van der Waals surface area (Å²) in [7, 11) is 0. The Morgan fingerprint density at radius 2 is 2.22 bits per heavy atom. The van der Waals surface area contributed by atoms with Crippen molar-refractivity contribution in [3.8, 4) is 11.8 Å². The first-order valence-electron chi connectivity index (χ1n) is 5.16. The molecular weight excluding hydrogens is 259 g/mol. The normalized spacial score (nSPS) is 10.4. The van der Waals surface area contributed by atoms with Gasteiger partial charge in [0.25, 0.3) is 0 Å². The molecule has 0 fully saturated rings. The lowest BCUT2D eigenvalue weighted by atomic mass is 10.3. The number of hydrogen-bond acceptors (Lipinski definition) is 4. The molecule has 0 saturated carbocycles. The summed E-state index contributed by atoms with van der Waals surface area (Å²) in [5.41, 5.74) is 1.25. The number of aryl methyl sites for hydroxylation is 1. The monoisotopic (exact) mass is 268 g/mol. The van der Waals surface area contributed by atoms with E-state index in [1.54, 1.807) is 6.92 Å². The van der Waals surface area contributed by atoms with Crippen LogP contribution in [0.5, 0.6) is 11.8 Å². The maximum Gasteiger partial charge on any atom is 0.322 e. The van der Waals surface area contributed by atoms with Crippen molar-refractivity contribution in [3.63, 3.8) is 0 Å². The second-order valence-electron chi connectivity index (χ2n) is 3.60. The molecule has 0 saturated heterocycles. The lowest BCUT2D eigenvalue weighted by Crippen LogP contribution is -1.98. The molecule has 4 nitrogen and oxygen atoms in total. The summed E-state index contributed by atoms with van der Waals surface area (Å²) in [5, 5.41) is 8.95. The van der Waals surface area contributed by atoms with Crippen LogP contribution in [0.2, 0.25) is 5.02 Å². The van der Waals surface area contributed by atoms with E-state index in [0.29, 0.717) is 17.0 Å². The van der Waals surface area contributed by atoms with Gasteiger partial charge < -0.3 is 9.84 Å². The number of hydrogen-bond donors (Lipinski definition) is 1. The van der Waals surface area contributed by atoms with E-state index in [1.165, 1.54) is 24.4 Å². The molecule has 1 heterocycles. The fraction of sp³-hybridized carbons (Fsp3) is 0.167. The Hall–Kier alpha value is -1.72. The maximum absolute atomic E-state index is 13.0. The van der Waals surface area contributed by atoms with Crippen molar-refractivity contribution in [2.24, 2.45) is 0 Å². The zero-order valence-electron chi connectivity index (χ0n) is 9.52. The molecule has 0 radical (unpaired) electrons. The Morgan fingerprint density at radius 3 is 2.83 bits per heavy atom. The topological polar surface area (TPSA) is 55.2 Å². The van der Waals surface area contributed by atoms with Crippen LogP contribution in [0, 0.1) is 12.7 Å². The first-order chi connectivity index (χ1) is 8.60. The summed E-state index contributed by atoms with van der Waals surface area (Å²) < 4.78 is 18.3. The third-order valence-electron chi connectivity index (χ3n) is 2.33. The molecule has 94 valence electrons. The van der Waals surface area contributed by atoms with Gasteiger partial charge in [0.15, 0.2) is 0 Å². The van der Waals surface area contributed by atoms with E-state index in [4.69, 9.17) is 21.4 Å². The van der Waals surface area contributed by atoms with Crippen LogP contribution < -0.4 is 4.74 Å². The quantitative estimate of drug-likeness (QED) is 0.930. The Balaban J connectivity index is 2.23. The van der Waals surface area contributed by atoms with Crippen molar-refractivity contribution in [2.45, 2.75) is 13.5 Å². The third kappa shape index (κ3) is 2.75. The summed E-state index contributed by atoms with van der Waals surface area (Å²) >= 11 is 5.63. The minimum absolute atomic E-state index is 0.0313. The Morgan fingerprint density at radius 1 is 1.44 bits per heavy atom. The summed E-state index contributed by atoms with van der Waals surface area (Å²) in [6.07, 6.45) is 1.47. The van der Waals surface area contributed by atoms with Gasteiger partial charge in [-0.2, -0.15) is 4.98 Å². The summed E-state index contributed by atoms with van der Waals surface area (Å²) in [6.45, 7) is 1.60. The summed E-state index contributed by atoms with van der Waals surface area (Å²) in [6, 6.07) is 4.09. The van der Waals surface area contributed by atoms with Gasteiger partial charge in [0.05, 0.1) is 17.3 Å². The molecule has 0 aliphatic heterocycles. The number of halogens is 2. The molecule has 0 bridgehead atoms. The van der Waals surface area contributed by atoms with Crippen LogP contribution in [0.25, 0.3) is 0 Å². The van der Waals surface area contributed by atoms with Crippen molar-refractivity contribution in [2.75, 3.05) is 0 Å². The van der Waals surface area contributed by atoms with Crippen LogP contribution in [0.3, 0.4) is 0 Å². The Labute approximate surface area is 108 Å². The Bertz CT molecular complexity index is 578. The van der Waals surface area contributed by atoms with Gasteiger partial charge in [-0.1, -0.05) is 11.6 Å². The predicted octanol–water partition coefficient (Wildman–Crippen LogP) is 2.86. The van der Waals surface area contributed by atoms with Crippen LogP contribution in [0.15, 0.2) is 24.4 Å². The molecule has 0 aliphatic rings. The number of nitrogens with zero attached hydrogens (tertiary/aromatic N) is 2. The van der Waals surface area contributed by atoms with Gasteiger partial charge in [0.1, 0.15) is 11.6 Å². The van der Waals surface area contributed by atoms with E-state index < -0.39 is 5.82 Å². The van der Waals surface area contributed by atoms with E-state index in [2.05, 4.69) is 9.97 Å². The molecule has 0 aliphatic carbocycles. The van der Waals surface area contributed by atoms with Gasteiger partial charge >= 0.3 is 6.01 Å². The molecule has 1 aromatic heterocycles. The van der Waals surface area contributed by atoms with Gasteiger partial charge in [-0.3, -0.25) is 0 Å². The van der Waals surface area contributed by atoms with E-state index in [-0.39, 0.29) is 17.6 Å². The molecule has 0 amide bonds. The largest absolute Gasteiger partial charge is 0.424 e. The molecule has 0 spiro atoms. The number of rotatable bonds is 3. The first-order valence-corrected chi connectivity index (χ1v) is 5.54. The smallest absolute Gasteiger partial charge is 0.322 e. The van der Waals surface area contributed by atoms with E-state index in [9.17, 15) is 4.39 Å². The molecule has 2 aromatic rings. The van der Waals surface area contributed by atoms with Gasteiger partial charge in [-0.15, -0.1) is 0 Å². The van der Waals surface area contributed by atoms with Crippen LogP contribution in [0.4, 0.5) is 4.39 Å². The second-order valence-corrected chi connectivity index (χ2v) is 4.01. The summed E-state index contributed by atoms with van der Waals surface area (Å²) in [4.78, 5) is 7.99. The highest BCUT2D eigenvalue weighted by Crippen LogP contribution is 2.24. The van der Waals surface area contributed by atoms with Crippen molar-refractivity contribution >= 4 is 11.6 Å². The minimum Gasteiger partial charge on any atom is -0.424 e. The van der Waals surface area contributed by atoms with Gasteiger partial charge in [-0.25, -0.2) is 9.37 Å². The standard InChI is InChI=1S/C12H10ClFN2O2/c1-7-8(6-17)5-15-12(16-7)18-9-2-3-11(14)10(13)4-9/h2-5,17H,6H2,1H3. The highest BCUT2D eigenvalue weighted by Gasteiger charge is 2.06. The molecule has 1 aromatic carbocycles. The predicted molar refractivity (Wildman–Crippen MR) is 64.2 cm³/mol. The molecule has 1 N–H and O–H groups in total. The van der Waals surface area contributed by atoms with E-state index in [1.807, 2.05) is 0 Å². The molecule has 18 heavy (non-hydrogen) atoms. The number of aliphatic hydroxyl groups is 1.